The van der Waals surface area contributed by atoms with Crippen LogP contribution in [0.15, 0.2) is 65.2 Å². The van der Waals surface area contributed by atoms with Crippen molar-refractivity contribution in [2.24, 2.45) is 0 Å². The highest BCUT2D eigenvalue weighted by molar-refractivity contribution is 5.94. The molecular weight excluding hydrogens is 432 g/mol. The molecule has 34 heavy (non-hydrogen) atoms. The normalized spacial score (nSPS) is 15.1. The van der Waals surface area contributed by atoms with E-state index in [2.05, 4.69) is 15.4 Å². The van der Waals surface area contributed by atoms with Crippen molar-refractivity contribution in [3.63, 3.8) is 0 Å². The summed E-state index contributed by atoms with van der Waals surface area (Å²) in [7, 11) is 1.64. The fourth-order valence-electron chi connectivity index (χ4n) is 4.21. The number of piperazine rings is 1. The highest BCUT2D eigenvalue weighted by Crippen LogP contribution is 2.25. The van der Waals surface area contributed by atoms with Gasteiger partial charge in [0.25, 0.3) is 0 Å². The lowest BCUT2D eigenvalue weighted by Crippen LogP contribution is -2.51. The quantitative estimate of drug-likeness (QED) is 0.552. The molecular formula is C26H30N4O4. The first-order valence-electron chi connectivity index (χ1n) is 11.5. The largest absolute Gasteiger partial charge is 0.497 e. The van der Waals surface area contributed by atoms with Gasteiger partial charge in [-0.1, -0.05) is 47.6 Å². The van der Waals surface area contributed by atoms with E-state index >= 15 is 0 Å². The molecule has 1 saturated heterocycles. The van der Waals surface area contributed by atoms with E-state index < -0.39 is 6.04 Å². The molecule has 8 nitrogen and oxygen atoms in total. The van der Waals surface area contributed by atoms with Gasteiger partial charge in [-0.25, -0.2) is 0 Å². The summed E-state index contributed by atoms with van der Waals surface area (Å²) in [5.41, 5.74) is 2.01. The molecule has 1 N–H and O–H groups in total. The summed E-state index contributed by atoms with van der Waals surface area (Å²) in [5.74, 6) is 1.80. The van der Waals surface area contributed by atoms with Gasteiger partial charge in [-0.2, -0.15) is 0 Å². The highest BCUT2D eigenvalue weighted by atomic mass is 16.5. The third-order valence-electron chi connectivity index (χ3n) is 6.06. The van der Waals surface area contributed by atoms with Crippen molar-refractivity contribution >= 4 is 17.6 Å². The minimum absolute atomic E-state index is 0.134. The van der Waals surface area contributed by atoms with E-state index in [0.29, 0.717) is 50.6 Å². The number of carbonyl (C=O) groups is 2. The standard InChI is InChI=1S/C26H30N4O4/c1-19-18-23(28-34-19)27-26(32)25(21-6-4-3-5-7-21)30-16-14-29(15-17-30)24(31)13-10-20-8-11-22(33-2)12-9-20/h3-9,11-12,18,25H,10,13-17H2,1-2H3,(H,27,28,32). The third-order valence-corrected chi connectivity index (χ3v) is 6.06. The van der Waals surface area contributed by atoms with Crippen LogP contribution in [0.1, 0.15) is 29.3 Å². The Hall–Kier alpha value is -3.65. The molecule has 0 spiro atoms. The Morgan fingerprint density at radius 1 is 1.06 bits per heavy atom. The number of nitrogens with one attached hydrogen (secondary N) is 1. The van der Waals surface area contributed by atoms with Crippen molar-refractivity contribution in [2.45, 2.75) is 25.8 Å². The number of benzene rings is 2. The number of hydrogen-bond acceptors (Lipinski definition) is 6. The number of carbonyl (C=O) groups excluding carboxylic acids is 2. The summed E-state index contributed by atoms with van der Waals surface area (Å²) >= 11 is 0. The fraction of sp³-hybridized carbons (Fsp3) is 0.346. The van der Waals surface area contributed by atoms with Gasteiger partial charge in [-0.15, -0.1) is 0 Å². The second-order valence-corrected chi connectivity index (χ2v) is 8.39. The summed E-state index contributed by atoms with van der Waals surface area (Å²) in [6, 6.07) is 18.7. The Morgan fingerprint density at radius 2 is 1.76 bits per heavy atom. The maximum absolute atomic E-state index is 13.2. The van der Waals surface area contributed by atoms with Crippen molar-refractivity contribution in [1.29, 1.82) is 0 Å². The lowest BCUT2D eigenvalue weighted by Gasteiger charge is -2.38. The van der Waals surface area contributed by atoms with Crippen LogP contribution in [-0.4, -0.2) is 60.1 Å². The number of ether oxygens (including phenoxy) is 1. The molecule has 1 fully saturated rings. The second kappa shape index (κ2) is 11.0. The molecule has 2 aromatic carbocycles. The molecule has 1 atom stereocenters. The van der Waals surface area contributed by atoms with E-state index in [4.69, 9.17) is 9.26 Å². The summed E-state index contributed by atoms with van der Waals surface area (Å²) in [6.45, 7) is 4.17. The number of anilines is 1. The van der Waals surface area contributed by atoms with Gasteiger partial charge in [0.05, 0.1) is 7.11 Å². The van der Waals surface area contributed by atoms with Crippen LogP contribution < -0.4 is 10.1 Å². The molecule has 1 aliphatic heterocycles. The van der Waals surface area contributed by atoms with E-state index in [1.165, 1.54) is 0 Å². The van der Waals surface area contributed by atoms with Crippen molar-refractivity contribution in [1.82, 2.24) is 15.0 Å². The number of rotatable bonds is 8. The molecule has 2 heterocycles. The molecule has 1 aliphatic rings. The lowest BCUT2D eigenvalue weighted by atomic mass is 10.0. The topological polar surface area (TPSA) is 87.9 Å². The summed E-state index contributed by atoms with van der Waals surface area (Å²) in [6.07, 6.45) is 1.15. The van der Waals surface area contributed by atoms with Crippen LogP contribution in [0.2, 0.25) is 0 Å². The zero-order valence-corrected chi connectivity index (χ0v) is 19.6. The van der Waals surface area contributed by atoms with Crippen molar-refractivity contribution in [3.05, 3.63) is 77.6 Å². The Labute approximate surface area is 199 Å². The van der Waals surface area contributed by atoms with E-state index in [-0.39, 0.29) is 11.8 Å². The summed E-state index contributed by atoms with van der Waals surface area (Å²) in [5, 5.41) is 6.75. The van der Waals surface area contributed by atoms with Gasteiger partial charge >= 0.3 is 0 Å². The fourth-order valence-corrected chi connectivity index (χ4v) is 4.21. The van der Waals surface area contributed by atoms with Crippen molar-refractivity contribution < 1.29 is 18.8 Å². The molecule has 8 heteroatoms. The van der Waals surface area contributed by atoms with Gasteiger partial charge < -0.3 is 19.5 Å². The van der Waals surface area contributed by atoms with Crippen LogP contribution in [0.3, 0.4) is 0 Å². The molecule has 178 valence electrons. The van der Waals surface area contributed by atoms with E-state index in [1.54, 1.807) is 20.1 Å². The van der Waals surface area contributed by atoms with Gasteiger partial charge in [0.2, 0.25) is 11.8 Å². The molecule has 3 aromatic rings. The Balaban J connectivity index is 1.36. The van der Waals surface area contributed by atoms with Crippen molar-refractivity contribution in [3.8, 4) is 5.75 Å². The summed E-state index contributed by atoms with van der Waals surface area (Å²) in [4.78, 5) is 30.0. The molecule has 2 amide bonds. The molecule has 1 aromatic heterocycles. The van der Waals surface area contributed by atoms with Gasteiger partial charge in [0, 0.05) is 38.7 Å². The number of aromatic nitrogens is 1. The Bertz CT molecular complexity index is 1090. The van der Waals surface area contributed by atoms with Gasteiger partial charge in [0.15, 0.2) is 5.82 Å². The molecule has 4 rings (SSSR count). The minimum Gasteiger partial charge on any atom is -0.497 e. The maximum Gasteiger partial charge on any atom is 0.247 e. The van der Waals surface area contributed by atoms with Gasteiger partial charge in [-0.05, 0) is 36.6 Å². The molecule has 0 saturated carbocycles. The number of aryl methyl sites for hydroxylation is 2. The monoisotopic (exact) mass is 462 g/mol. The highest BCUT2D eigenvalue weighted by Gasteiger charge is 2.32. The van der Waals surface area contributed by atoms with Crippen LogP contribution in [-0.2, 0) is 16.0 Å². The van der Waals surface area contributed by atoms with E-state index in [0.717, 1.165) is 16.9 Å². The molecule has 0 radical (unpaired) electrons. The average Bonchev–Trinajstić information content (AvgIpc) is 3.28. The van der Waals surface area contributed by atoms with Crippen LogP contribution in [0.5, 0.6) is 5.75 Å². The predicted molar refractivity (Wildman–Crippen MR) is 129 cm³/mol. The molecule has 0 aliphatic carbocycles. The SMILES string of the molecule is COc1ccc(CCC(=O)N2CCN(C(C(=O)Nc3cc(C)on3)c3ccccc3)CC2)cc1. The van der Waals surface area contributed by atoms with Crippen molar-refractivity contribution in [2.75, 3.05) is 38.6 Å². The van der Waals surface area contributed by atoms with E-state index in [9.17, 15) is 9.59 Å². The first-order valence-corrected chi connectivity index (χ1v) is 11.5. The molecule has 0 bridgehead atoms. The predicted octanol–water partition coefficient (Wildman–Crippen LogP) is 3.45. The van der Waals surface area contributed by atoms with Gasteiger partial charge in [-0.3, -0.25) is 14.5 Å². The van der Waals surface area contributed by atoms with Crippen LogP contribution in [0, 0.1) is 6.92 Å². The number of methoxy groups -OCH3 is 1. The van der Waals surface area contributed by atoms with Crippen LogP contribution in [0.4, 0.5) is 5.82 Å². The van der Waals surface area contributed by atoms with Gasteiger partial charge in [0.1, 0.15) is 17.6 Å². The average molecular weight is 463 g/mol. The van der Waals surface area contributed by atoms with Crippen LogP contribution >= 0.6 is 0 Å². The minimum atomic E-state index is -0.477. The number of nitrogens with zero attached hydrogens (tertiary/aromatic N) is 3. The van der Waals surface area contributed by atoms with E-state index in [1.807, 2.05) is 59.5 Å². The van der Waals surface area contributed by atoms with Crippen LogP contribution in [0.25, 0.3) is 0 Å². The summed E-state index contributed by atoms with van der Waals surface area (Å²) < 4.78 is 10.3. The molecule has 1 unspecified atom stereocenters. The second-order valence-electron chi connectivity index (χ2n) is 8.39. The Kier molecular flexibility index (Phi) is 7.59. The first-order chi connectivity index (χ1) is 16.5. The first kappa shape index (κ1) is 23.5. The third kappa shape index (κ3) is 5.82. The smallest absolute Gasteiger partial charge is 0.247 e. The zero-order chi connectivity index (χ0) is 23.9. The number of hydrogen-bond donors (Lipinski definition) is 1. The lowest BCUT2D eigenvalue weighted by molar-refractivity contribution is -0.133. The maximum atomic E-state index is 13.2. The Morgan fingerprint density at radius 3 is 2.38 bits per heavy atom. The number of amides is 2. The zero-order valence-electron chi connectivity index (χ0n) is 19.6.